The molecular formula is C41H41N3O7S. The maximum Gasteiger partial charge on any atom is 0.352 e. The minimum Gasteiger partial charge on any atom is -0.493 e. The van der Waals surface area contributed by atoms with Gasteiger partial charge in [0, 0.05) is 41.7 Å². The summed E-state index contributed by atoms with van der Waals surface area (Å²) < 4.78 is 45.8. The number of ether oxygens (including phenoxy) is 3. The van der Waals surface area contributed by atoms with Crippen LogP contribution in [0.1, 0.15) is 33.9 Å². The lowest BCUT2D eigenvalue weighted by atomic mass is 9.98. The Hall–Kier alpha value is -5.65. The largest absolute Gasteiger partial charge is 0.493 e. The Morgan fingerprint density at radius 1 is 0.904 bits per heavy atom. The van der Waals surface area contributed by atoms with E-state index in [0.29, 0.717) is 43.1 Å². The number of allylic oxidation sites excluding steroid dienone is 1. The minimum absolute atomic E-state index is 0.0611. The normalized spacial score (nSPS) is 11.6. The van der Waals surface area contributed by atoms with Crippen LogP contribution in [0.2, 0.25) is 0 Å². The van der Waals surface area contributed by atoms with Crippen molar-refractivity contribution in [3.8, 4) is 22.6 Å². The van der Waals surface area contributed by atoms with Crippen LogP contribution >= 0.6 is 0 Å². The highest BCUT2D eigenvalue weighted by Crippen LogP contribution is 2.39. The number of carbonyl (C=O) groups is 1. The predicted octanol–water partition coefficient (Wildman–Crippen LogP) is 7.78. The quantitative estimate of drug-likeness (QED) is 0.0750. The lowest BCUT2D eigenvalue weighted by Gasteiger charge is -2.13. The maximum atomic E-state index is 13.0. The topological polar surface area (TPSA) is 122 Å². The fourth-order valence-corrected chi connectivity index (χ4v) is 7.25. The fraction of sp³-hybridized carbons (Fsp3) is 0.220. The molecule has 1 N–H and O–H groups in total. The van der Waals surface area contributed by atoms with Gasteiger partial charge in [0.2, 0.25) is 0 Å². The smallest absolute Gasteiger partial charge is 0.352 e. The molecule has 0 radical (unpaired) electrons. The van der Waals surface area contributed by atoms with Crippen molar-refractivity contribution < 1.29 is 32.5 Å². The van der Waals surface area contributed by atoms with E-state index in [1.54, 1.807) is 33.5 Å². The van der Waals surface area contributed by atoms with Gasteiger partial charge in [0.05, 0.1) is 35.9 Å². The number of para-hydroxylation sites is 1. The van der Waals surface area contributed by atoms with Gasteiger partial charge in [-0.25, -0.2) is 13.2 Å². The van der Waals surface area contributed by atoms with Crippen molar-refractivity contribution >= 4 is 37.5 Å². The molecule has 268 valence electrons. The molecule has 6 rings (SSSR count). The molecule has 2 heterocycles. The molecule has 0 atom stereocenters. The van der Waals surface area contributed by atoms with E-state index in [4.69, 9.17) is 19.3 Å². The molecule has 0 amide bonds. The summed E-state index contributed by atoms with van der Waals surface area (Å²) >= 11 is 0. The van der Waals surface area contributed by atoms with Crippen molar-refractivity contribution in [1.82, 2.24) is 14.3 Å². The van der Waals surface area contributed by atoms with Crippen LogP contribution in [-0.2, 0) is 47.8 Å². The van der Waals surface area contributed by atoms with Gasteiger partial charge < -0.3 is 23.9 Å². The van der Waals surface area contributed by atoms with Gasteiger partial charge >= 0.3 is 5.97 Å². The van der Waals surface area contributed by atoms with Gasteiger partial charge in [-0.2, -0.15) is 5.10 Å². The maximum absolute atomic E-state index is 13.0. The van der Waals surface area contributed by atoms with Crippen LogP contribution in [-0.4, -0.2) is 53.3 Å². The number of carboxylic acid groups (broad SMARTS) is 1. The van der Waals surface area contributed by atoms with E-state index in [9.17, 15) is 18.3 Å². The molecule has 0 saturated heterocycles. The number of hydrogen-bond donors (Lipinski definition) is 1. The van der Waals surface area contributed by atoms with Gasteiger partial charge in [-0.05, 0) is 54.1 Å². The summed E-state index contributed by atoms with van der Waals surface area (Å²) in [6.07, 6.45) is 5.58. The minimum atomic E-state index is -3.36. The highest BCUT2D eigenvalue weighted by molar-refractivity contribution is 7.90. The Balaban J connectivity index is 1.39. The van der Waals surface area contributed by atoms with Crippen LogP contribution in [0, 0.1) is 0 Å². The summed E-state index contributed by atoms with van der Waals surface area (Å²) in [4.78, 5) is 13.2. The molecule has 0 aliphatic heterocycles. The average Bonchev–Trinajstić information content (AvgIpc) is 3.62. The van der Waals surface area contributed by atoms with Gasteiger partial charge in [0.25, 0.3) is 0 Å². The summed E-state index contributed by atoms with van der Waals surface area (Å²) in [6.45, 7) is 8.99. The van der Waals surface area contributed by atoms with Crippen molar-refractivity contribution in [2.24, 2.45) is 7.05 Å². The highest BCUT2D eigenvalue weighted by Gasteiger charge is 2.27. The van der Waals surface area contributed by atoms with Gasteiger partial charge in [-0.1, -0.05) is 66.7 Å². The molecule has 0 fully saturated rings. The molecule has 0 aliphatic carbocycles. The van der Waals surface area contributed by atoms with Gasteiger partial charge in [-0.3, -0.25) is 4.68 Å². The van der Waals surface area contributed by atoms with E-state index in [2.05, 4.69) is 13.2 Å². The number of carboxylic acids is 1. The molecule has 6 aromatic rings. The Labute approximate surface area is 303 Å². The number of nitrogens with zero attached hydrogens (tertiary/aromatic N) is 3. The van der Waals surface area contributed by atoms with Gasteiger partial charge in [0.1, 0.15) is 29.5 Å². The number of fused-ring (bicyclic) bond motifs is 2. The summed E-state index contributed by atoms with van der Waals surface area (Å²) in [5, 5.41) is 18.4. The van der Waals surface area contributed by atoms with Crippen LogP contribution in [0.15, 0.2) is 115 Å². The Bertz CT molecular complexity index is 2370. The van der Waals surface area contributed by atoms with E-state index < -0.39 is 15.8 Å². The van der Waals surface area contributed by atoms with Crippen LogP contribution in [0.25, 0.3) is 32.8 Å². The van der Waals surface area contributed by atoms with Crippen molar-refractivity contribution in [3.63, 3.8) is 0 Å². The molecule has 4 aromatic carbocycles. The summed E-state index contributed by atoms with van der Waals surface area (Å²) in [5.74, 6) is 0.232. The molecule has 10 nitrogen and oxygen atoms in total. The Morgan fingerprint density at radius 3 is 2.37 bits per heavy atom. The van der Waals surface area contributed by atoms with Crippen molar-refractivity contribution in [3.05, 3.63) is 133 Å². The number of benzene rings is 4. The first-order chi connectivity index (χ1) is 25.1. The lowest BCUT2D eigenvalue weighted by molar-refractivity contribution is 0.0685. The number of hydrogen-bond acceptors (Lipinski definition) is 7. The first-order valence-corrected chi connectivity index (χ1v) is 18.8. The molecule has 0 aliphatic rings. The first kappa shape index (κ1) is 36.2. The average molecular weight is 720 g/mol. The Morgan fingerprint density at radius 2 is 1.63 bits per heavy atom. The number of aromatic carboxylic acids is 1. The second kappa shape index (κ2) is 15.7. The van der Waals surface area contributed by atoms with Crippen LogP contribution in [0.4, 0.5) is 0 Å². The third kappa shape index (κ3) is 7.51. The van der Waals surface area contributed by atoms with Crippen LogP contribution in [0.5, 0.6) is 11.5 Å². The molecule has 2 aromatic heterocycles. The van der Waals surface area contributed by atoms with Crippen molar-refractivity contribution in [2.45, 2.75) is 37.5 Å². The van der Waals surface area contributed by atoms with E-state index in [-0.39, 0.29) is 30.3 Å². The van der Waals surface area contributed by atoms with Gasteiger partial charge in [0.15, 0.2) is 9.84 Å². The summed E-state index contributed by atoms with van der Waals surface area (Å²) in [5.41, 5.74) is 4.56. The zero-order valence-electron chi connectivity index (χ0n) is 29.2. The number of rotatable bonds is 17. The zero-order chi connectivity index (χ0) is 36.8. The zero-order valence-corrected chi connectivity index (χ0v) is 30.1. The molecular weight excluding hydrogens is 679 g/mol. The summed E-state index contributed by atoms with van der Waals surface area (Å²) in [7, 11) is -1.53. The summed E-state index contributed by atoms with van der Waals surface area (Å²) in [6, 6.07) is 26.1. The second-order valence-electron chi connectivity index (χ2n) is 12.4. The van der Waals surface area contributed by atoms with E-state index in [1.165, 1.54) is 12.1 Å². The fourth-order valence-electron chi connectivity index (χ4n) is 6.61. The van der Waals surface area contributed by atoms with Crippen LogP contribution < -0.4 is 9.47 Å². The molecule has 0 unspecified atom stereocenters. The highest BCUT2D eigenvalue weighted by atomic mass is 32.2. The van der Waals surface area contributed by atoms with Crippen LogP contribution in [0.3, 0.4) is 0 Å². The molecule has 0 spiro atoms. The Kier molecular flexibility index (Phi) is 10.9. The number of aromatic nitrogens is 3. The second-order valence-corrected chi connectivity index (χ2v) is 14.4. The lowest BCUT2D eigenvalue weighted by Crippen LogP contribution is -2.11. The van der Waals surface area contributed by atoms with Gasteiger partial charge in [-0.15, -0.1) is 13.2 Å². The third-order valence-electron chi connectivity index (χ3n) is 8.89. The third-order valence-corrected chi connectivity index (χ3v) is 10.0. The van der Waals surface area contributed by atoms with E-state index >= 15 is 0 Å². The number of aryl methyl sites for hydroxylation is 2. The van der Waals surface area contributed by atoms with E-state index in [1.807, 2.05) is 67.7 Å². The van der Waals surface area contributed by atoms with Crippen molar-refractivity contribution in [1.29, 1.82) is 0 Å². The molecule has 11 heteroatoms. The number of sulfone groups is 1. The standard InChI is InChI=1S/C41H41N3O7S/c1-5-23-44-39-32(33(40(44)41(45)46)17-11-25-50-37-18-9-13-28-12-7-8-14-31(28)37)15-10-16-34(39)38-35(42-43(3)36(38)27-49-24-6-2)26-51-29-19-21-30(22-20-29)52(4,47)48/h5-10,12-16,18-22H,1-2,11,17,23-27H2,3-4H3,(H,45,46). The predicted molar refractivity (Wildman–Crippen MR) is 203 cm³/mol. The first-order valence-electron chi connectivity index (χ1n) is 16.9. The monoisotopic (exact) mass is 719 g/mol. The molecule has 0 bridgehead atoms. The molecule has 52 heavy (non-hydrogen) atoms. The van der Waals surface area contributed by atoms with E-state index in [0.717, 1.165) is 50.5 Å². The molecule has 0 saturated carbocycles. The van der Waals surface area contributed by atoms with Crippen molar-refractivity contribution in [2.75, 3.05) is 19.5 Å². The SMILES string of the molecule is C=CCOCc1c(-c2cccc3c(CCCOc4cccc5ccccc45)c(C(=O)O)n(CC=C)c23)c(COc2ccc(S(C)(=O)=O)cc2)nn1C.